The molecule has 3 aromatic carbocycles. The van der Waals surface area contributed by atoms with E-state index in [1.165, 1.54) is 16.7 Å². The summed E-state index contributed by atoms with van der Waals surface area (Å²) in [7, 11) is 0. The van der Waals surface area contributed by atoms with Gasteiger partial charge in [0.15, 0.2) is 0 Å². The van der Waals surface area contributed by atoms with E-state index in [-0.39, 0.29) is 0 Å². The van der Waals surface area contributed by atoms with Crippen LogP contribution in [0.25, 0.3) is 18.2 Å². The van der Waals surface area contributed by atoms with E-state index < -0.39 is 0 Å². The molecule has 0 bridgehead atoms. The normalized spacial score (nSPS) is 9.00. The van der Waals surface area contributed by atoms with Crippen molar-refractivity contribution in [1.82, 2.24) is 0 Å². The first kappa shape index (κ1) is 27.8. The second-order valence-electron chi connectivity index (χ2n) is 6.09. The molecule has 0 saturated carbocycles. The Balaban J connectivity index is 0.000000426. The molecule has 3 aromatic rings. The Morgan fingerprint density at radius 3 is 1.03 bits per heavy atom. The molecule has 32 heavy (non-hydrogen) atoms. The highest BCUT2D eigenvalue weighted by Gasteiger charge is 1.79. The van der Waals surface area contributed by atoms with Crippen LogP contribution in [0, 0.1) is 0 Å². The van der Waals surface area contributed by atoms with Crippen LogP contribution in [-0.4, -0.2) is 0 Å². The van der Waals surface area contributed by atoms with E-state index in [2.05, 4.69) is 51.1 Å². The molecule has 0 N–H and O–H groups in total. The molecule has 0 aliphatic carbocycles. The molecular weight excluding hydrogens is 384 g/mol. The summed E-state index contributed by atoms with van der Waals surface area (Å²) in [5, 5.41) is 0. The zero-order valence-electron chi connectivity index (χ0n) is 18.9. The summed E-state index contributed by atoms with van der Waals surface area (Å²) in [4.78, 5) is 0. The van der Waals surface area contributed by atoms with Crippen LogP contribution >= 0.6 is 0 Å². The zero-order chi connectivity index (χ0) is 23.7. The molecule has 0 aliphatic rings. The van der Waals surface area contributed by atoms with Crippen LogP contribution in [0.3, 0.4) is 0 Å². The molecule has 0 fully saturated rings. The van der Waals surface area contributed by atoms with Gasteiger partial charge < -0.3 is 0 Å². The van der Waals surface area contributed by atoms with Crippen molar-refractivity contribution in [3.63, 3.8) is 0 Å². The Morgan fingerprint density at radius 2 is 0.750 bits per heavy atom. The first-order valence-corrected chi connectivity index (χ1v) is 10.3. The largest absolute Gasteiger partial charge is 0.0991 e. The van der Waals surface area contributed by atoms with E-state index in [4.69, 9.17) is 0 Å². The average molecular weight is 419 g/mol. The SMILES string of the molecule is C=CC=C.C=CC=CC=Cc1ccccc1.C=Cc1ccccc1.C=Cc1ccccc1. The van der Waals surface area contributed by atoms with E-state index >= 15 is 0 Å². The van der Waals surface area contributed by atoms with Gasteiger partial charge in [0.2, 0.25) is 0 Å². The molecule has 0 aromatic heterocycles. The van der Waals surface area contributed by atoms with E-state index in [9.17, 15) is 0 Å². The molecule has 0 radical (unpaired) electrons. The molecule has 3 rings (SSSR count). The van der Waals surface area contributed by atoms with Gasteiger partial charge in [0.1, 0.15) is 0 Å². The number of allylic oxidation sites excluding steroid dienone is 6. The molecule has 0 heterocycles. The quantitative estimate of drug-likeness (QED) is 0.350. The second-order valence-corrected chi connectivity index (χ2v) is 6.09. The minimum Gasteiger partial charge on any atom is -0.0991 e. The van der Waals surface area contributed by atoms with Crippen molar-refractivity contribution >= 4 is 18.2 Å². The van der Waals surface area contributed by atoms with Crippen LogP contribution in [-0.2, 0) is 0 Å². The van der Waals surface area contributed by atoms with E-state index in [1.54, 1.807) is 18.2 Å². The maximum absolute atomic E-state index is 3.63. The highest BCUT2D eigenvalue weighted by Crippen LogP contribution is 2.00. The highest BCUT2D eigenvalue weighted by molar-refractivity contribution is 5.50. The number of hydrogen-bond acceptors (Lipinski definition) is 0. The smallest absolute Gasteiger partial charge is 0.0257 e. The average Bonchev–Trinajstić information content (AvgIpc) is 2.89. The van der Waals surface area contributed by atoms with Crippen molar-refractivity contribution in [3.8, 4) is 0 Å². The lowest BCUT2D eigenvalue weighted by Crippen LogP contribution is -1.66. The third kappa shape index (κ3) is 16.8. The third-order valence-electron chi connectivity index (χ3n) is 3.68. The fourth-order valence-electron chi connectivity index (χ4n) is 2.05. The fourth-order valence-corrected chi connectivity index (χ4v) is 2.05. The molecular formula is C32H34. The van der Waals surface area contributed by atoms with E-state index in [0.29, 0.717) is 0 Å². The lowest BCUT2D eigenvalue weighted by atomic mass is 10.2. The standard InChI is InChI=1S/C12H12.2C8H8.C4H6/c1-2-3-4-6-9-12-10-7-5-8-11-12;2*1-2-8-6-4-3-5-7-8;1-3-4-2/h2-11H,1H2;2*2-7H,1H2;3-4H,1-2H2. The Labute approximate surface area is 195 Å². The van der Waals surface area contributed by atoms with Crippen molar-refractivity contribution in [2.24, 2.45) is 0 Å². The monoisotopic (exact) mass is 418 g/mol. The summed E-state index contributed by atoms with van der Waals surface area (Å²) in [6, 6.07) is 30.3. The van der Waals surface area contributed by atoms with Gasteiger partial charge in [0.25, 0.3) is 0 Å². The first-order valence-electron chi connectivity index (χ1n) is 10.3. The molecule has 0 amide bonds. The summed E-state index contributed by atoms with van der Waals surface area (Å²) in [6.45, 7) is 17.6. The minimum atomic E-state index is 1.17. The zero-order valence-corrected chi connectivity index (χ0v) is 18.9. The summed E-state index contributed by atoms with van der Waals surface area (Å²) in [5.74, 6) is 0. The van der Waals surface area contributed by atoms with Crippen molar-refractivity contribution in [3.05, 3.63) is 177 Å². The molecule has 0 unspecified atom stereocenters. The van der Waals surface area contributed by atoms with Gasteiger partial charge in [-0.2, -0.15) is 0 Å². The van der Waals surface area contributed by atoms with Crippen LogP contribution in [0.2, 0.25) is 0 Å². The maximum atomic E-state index is 3.63. The van der Waals surface area contributed by atoms with Gasteiger partial charge in [-0.1, -0.05) is 179 Å². The number of hydrogen-bond donors (Lipinski definition) is 0. The van der Waals surface area contributed by atoms with Gasteiger partial charge in [0.05, 0.1) is 0 Å². The van der Waals surface area contributed by atoms with Crippen LogP contribution < -0.4 is 0 Å². The topological polar surface area (TPSA) is 0 Å². The molecule has 0 saturated heterocycles. The molecule has 0 aliphatic heterocycles. The summed E-state index contributed by atoms with van der Waals surface area (Å²) in [6.07, 6.45) is 16.6. The Hall–Kier alpha value is -4.16. The van der Waals surface area contributed by atoms with Crippen LogP contribution in [0.5, 0.6) is 0 Å². The summed E-state index contributed by atoms with van der Waals surface area (Å²) >= 11 is 0. The molecule has 0 atom stereocenters. The van der Waals surface area contributed by atoms with Crippen molar-refractivity contribution in [2.75, 3.05) is 0 Å². The van der Waals surface area contributed by atoms with E-state index in [0.717, 1.165) is 0 Å². The Kier molecular flexibility index (Phi) is 18.7. The molecule has 0 spiro atoms. The minimum absolute atomic E-state index is 1.17. The van der Waals surface area contributed by atoms with Crippen molar-refractivity contribution < 1.29 is 0 Å². The van der Waals surface area contributed by atoms with E-state index in [1.807, 2.05) is 109 Å². The molecule has 0 nitrogen and oxygen atoms in total. The number of rotatable bonds is 6. The lowest BCUT2D eigenvalue weighted by molar-refractivity contribution is 1.66. The van der Waals surface area contributed by atoms with Gasteiger partial charge in [-0.25, -0.2) is 0 Å². The van der Waals surface area contributed by atoms with Crippen LogP contribution in [0.1, 0.15) is 16.7 Å². The van der Waals surface area contributed by atoms with Crippen LogP contribution in [0.4, 0.5) is 0 Å². The van der Waals surface area contributed by atoms with Crippen molar-refractivity contribution in [2.45, 2.75) is 0 Å². The van der Waals surface area contributed by atoms with Crippen LogP contribution in [0.15, 0.2) is 160 Å². The summed E-state index contributed by atoms with van der Waals surface area (Å²) in [5.41, 5.74) is 3.56. The van der Waals surface area contributed by atoms with Gasteiger partial charge >= 0.3 is 0 Å². The van der Waals surface area contributed by atoms with Gasteiger partial charge in [-0.05, 0) is 16.7 Å². The van der Waals surface area contributed by atoms with Gasteiger partial charge in [0, 0.05) is 0 Å². The molecule has 0 heteroatoms. The Bertz CT molecular complexity index is 878. The predicted molar refractivity (Wildman–Crippen MR) is 148 cm³/mol. The van der Waals surface area contributed by atoms with Gasteiger partial charge in [-0.15, -0.1) is 0 Å². The molecule has 162 valence electrons. The lowest BCUT2D eigenvalue weighted by Gasteiger charge is -1.87. The maximum Gasteiger partial charge on any atom is -0.0257 e. The van der Waals surface area contributed by atoms with Crippen molar-refractivity contribution in [1.29, 1.82) is 0 Å². The predicted octanol–water partition coefficient (Wildman–Crippen LogP) is 9.46. The Morgan fingerprint density at radius 1 is 0.375 bits per heavy atom. The second kappa shape index (κ2) is 21.5. The fraction of sp³-hybridized carbons (Fsp3) is 0. The van der Waals surface area contributed by atoms with Gasteiger partial charge in [-0.3, -0.25) is 0 Å². The summed E-state index contributed by atoms with van der Waals surface area (Å²) < 4.78 is 0. The number of benzene rings is 3. The highest BCUT2D eigenvalue weighted by atomic mass is 13.8. The first-order chi connectivity index (χ1) is 15.7. The third-order valence-corrected chi connectivity index (χ3v) is 3.68.